The Labute approximate surface area is 220 Å². The van der Waals surface area contributed by atoms with Crippen LogP contribution in [0.2, 0.25) is 0 Å². The number of pyridine rings is 1. The Balaban J connectivity index is 1.14. The summed E-state index contributed by atoms with van der Waals surface area (Å²) >= 11 is 6.70. The number of furan rings is 1. The highest BCUT2D eigenvalue weighted by atomic mass is 79.9. The van der Waals surface area contributed by atoms with E-state index in [1.807, 2.05) is 24.4 Å². The molecule has 0 spiro atoms. The minimum absolute atomic E-state index is 0.264. The van der Waals surface area contributed by atoms with Crippen LogP contribution in [0.1, 0.15) is 45.5 Å². The average Bonchev–Trinajstić information content (AvgIpc) is 3.59. The highest BCUT2D eigenvalue weighted by Crippen LogP contribution is 2.27. The molecule has 35 heavy (non-hydrogen) atoms. The van der Waals surface area contributed by atoms with Crippen LogP contribution < -0.4 is 5.32 Å². The fourth-order valence-corrected chi connectivity index (χ4v) is 5.48. The highest BCUT2D eigenvalue weighted by Gasteiger charge is 2.26. The van der Waals surface area contributed by atoms with Gasteiger partial charge in [0, 0.05) is 31.7 Å². The van der Waals surface area contributed by atoms with E-state index < -0.39 is 0 Å². The normalized spacial score (nSPS) is 16.0. The Hall–Kier alpha value is -2.82. The lowest BCUT2D eigenvalue weighted by Gasteiger charge is -2.15. The molecule has 4 aromatic rings. The molecule has 1 aromatic carbocycles. The van der Waals surface area contributed by atoms with Crippen LogP contribution in [0.3, 0.4) is 0 Å². The maximum absolute atomic E-state index is 12.5. The van der Waals surface area contributed by atoms with Gasteiger partial charge in [-0.15, -0.1) is 5.10 Å². The van der Waals surface area contributed by atoms with Crippen LogP contribution in [0.15, 0.2) is 74.4 Å². The van der Waals surface area contributed by atoms with E-state index in [1.165, 1.54) is 5.56 Å². The van der Waals surface area contributed by atoms with Gasteiger partial charge in [0.05, 0.1) is 5.69 Å². The van der Waals surface area contributed by atoms with Gasteiger partial charge in [0.15, 0.2) is 5.76 Å². The monoisotopic (exact) mass is 598 g/mol. The molecule has 8 nitrogen and oxygen atoms in total. The van der Waals surface area contributed by atoms with E-state index >= 15 is 0 Å². The average molecular weight is 600 g/mol. The lowest BCUT2D eigenvalue weighted by Crippen LogP contribution is -2.22. The van der Waals surface area contributed by atoms with Crippen molar-refractivity contribution in [3.05, 3.63) is 98.3 Å². The van der Waals surface area contributed by atoms with Crippen molar-refractivity contribution < 1.29 is 9.21 Å². The van der Waals surface area contributed by atoms with Crippen LogP contribution in [-0.4, -0.2) is 43.9 Å². The molecule has 0 saturated carbocycles. The van der Waals surface area contributed by atoms with Gasteiger partial charge in [-0.1, -0.05) is 35.5 Å². The van der Waals surface area contributed by atoms with Crippen molar-refractivity contribution in [3.8, 4) is 0 Å². The molecule has 180 valence electrons. The van der Waals surface area contributed by atoms with Gasteiger partial charge in [-0.05, 0) is 80.2 Å². The molecule has 3 aromatic heterocycles. The number of carbonyl (C=O) groups is 1. The van der Waals surface area contributed by atoms with Crippen LogP contribution in [0, 0.1) is 0 Å². The number of nitrogens with zero attached hydrogens (tertiary/aromatic N) is 5. The molecule has 1 atom stereocenters. The van der Waals surface area contributed by atoms with Crippen LogP contribution >= 0.6 is 31.9 Å². The molecule has 0 radical (unpaired) electrons. The molecule has 1 fully saturated rings. The second kappa shape index (κ2) is 10.8. The fraction of sp³-hybridized carbons (Fsp3) is 0.280. The first-order valence-electron chi connectivity index (χ1n) is 11.4. The number of rotatable bonds is 8. The zero-order chi connectivity index (χ0) is 24.2. The summed E-state index contributed by atoms with van der Waals surface area (Å²) < 4.78 is 8.93. The number of likely N-dealkylation sites (tertiary alicyclic amines) is 1. The lowest BCUT2D eigenvalue weighted by molar-refractivity contribution is 0.0921. The summed E-state index contributed by atoms with van der Waals surface area (Å²) in [5.41, 5.74) is 3.25. The molecule has 1 amide bonds. The van der Waals surface area contributed by atoms with Crippen molar-refractivity contribution in [1.29, 1.82) is 0 Å². The zero-order valence-electron chi connectivity index (χ0n) is 18.9. The first kappa shape index (κ1) is 23.9. The lowest BCUT2D eigenvalue weighted by atomic mass is 10.1. The predicted octanol–water partition coefficient (Wildman–Crippen LogP) is 4.76. The van der Waals surface area contributed by atoms with Crippen LogP contribution in [0.5, 0.6) is 0 Å². The smallest absolute Gasteiger partial charge is 0.287 e. The van der Waals surface area contributed by atoms with Gasteiger partial charge in [-0.3, -0.25) is 9.69 Å². The summed E-state index contributed by atoms with van der Waals surface area (Å²) in [5, 5.41) is 11.6. The van der Waals surface area contributed by atoms with E-state index in [-0.39, 0.29) is 11.7 Å². The van der Waals surface area contributed by atoms with Gasteiger partial charge in [-0.25, -0.2) is 9.67 Å². The third-order valence-electron chi connectivity index (χ3n) is 5.97. The Bertz CT molecular complexity index is 1290. The Kier molecular flexibility index (Phi) is 7.40. The number of hydrogen-bond acceptors (Lipinski definition) is 6. The maximum atomic E-state index is 12.5. The van der Waals surface area contributed by atoms with Crippen molar-refractivity contribution in [2.45, 2.75) is 32.0 Å². The largest absolute Gasteiger partial charge is 0.454 e. The molecule has 10 heteroatoms. The highest BCUT2D eigenvalue weighted by molar-refractivity contribution is 9.11. The van der Waals surface area contributed by atoms with E-state index in [1.54, 1.807) is 16.8 Å². The molecular weight excluding hydrogens is 576 g/mol. The molecule has 1 unspecified atom stereocenters. The van der Waals surface area contributed by atoms with E-state index in [2.05, 4.69) is 81.6 Å². The van der Waals surface area contributed by atoms with E-state index in [4.69, 9.17) is 4.42 Å². The number of aromatic nitrogens is 4. The molecule has 1 aliphatic rings. The third kappa shape index (κ3) is 6.25. The van der Waals surface area contributed by atoms with Gasteiger partial charge in [0.25, 0.3) is 5.91 Å². The molecule has 1 N–H and O–H groups in total. The van der Waals surface area contributed by atoms with Crippen LogP contribution in [0.25, 0.3) is 0 Å². The summed E-state index contributed by atoms with van der Waals surface area (Å²) in [6, 6.07) is 17.7. The molecular formula is C25H24Br2N6O2. The predicted molar refractivity (Wildman–Crippen MR) is 138 cm³/mol. The summed E-state index contributed by atoms with van der Waals surface area (Å²) in [6.45, 7) is 3.77. The van der Waals surface area contributed by atoms with Gasteiger partial charge < -0.3 is 9.73 Å². The standard InChI is InChI=1S/C25H24Br2N6O2/c26-23-10-18(11-24(27)29-23)12-28-25(34)22-7-6-20(35-22)15-33-16-21(30-31-33)19-8-9-32(14-19)13-17-4-2-1-3-5-17/h1-7,10-11,16,19H,8-9,12-15H2,(H,28,34). The summed E-state index contributed by atoms with van der Waals surface area (Å²) in [6.07, 6.45) is 3.05. The minimum atomic E-state index is -0.274. The van der Waals surface area contributed by atoms with Gasteiger partial charge >= 0.3 is 0 Å². The van der Waals surface area contributed by atoms with Crippen molar-refractivity contribution in [2.75, 3.05) is 13.1 Å². The van der Waals surface area contributed by atoms with Crippen molar-refractivity contribution in [1.82, 2.24) is 30.2 Å². The minimum Gasteiger partial charge on any atom is -0.454 e. The van der Waals surface area contributed by atoms with E-state index in [0.717, 1.165) is 37.3 Å². The topological polar surface area (TPSA) is 89.1 Å². The first-order valence-corrected chi connectivity index (χ1v) is 13.0. The quantitative estimate of drug-likeness (QED) is 0.294. The number of nitrogens with one attached hydrogen (secondary N) is 1. The number of benzene rings is 1. The van der Waals surface area contributed by atoms with Crippen molar-refractivity contribution in [3.63, 3.8) is 0 Å². The molecule has 5 rings (SSSR count). The maximum Gasteiger partial charge on any atom is 0.287 e. The number of carbonyl (C=O) groups excluding carboxylic acids is 1. The molecule has 1 aliphatic heterocycles. The number of halogens is 2. The van der Waals surface area contributed by atoms with Crippen molar-refractivity contribution in [2.24, 2.45) is 0 Å². The second-order valence-corrected chi connectivity index (χ2v) is 10.2. The van der Waals surface area contributed by atoms with Crippen LogP contribution in [0.4, 0.5) is 0 Å². The molecule has 4 heterocycles. The molecule has 1 saturated heterocycles. The van der Waals surface area contributed by atoms with E-state index in [0.29, 0.717) is 34.0 Å². The molecule has 0 aliphatic carbocycles. The Morgan fingerprint density at radius 1 is 1.06 bits per heavy atom. The Morgan fingerprint density at radius 2 is 1.86 bits per heavy atom. The summed E-state index contributed by atoms with van der Waals surface area (Å²) in [7, 11) is 0. The van der Waals surface area contributed by atoms with Crippen molar-refractivity contribution >= 4 is 37.8 Å². The van der Waals surface area contributed by atoms with Gasteiger partial charge in [-0.2, -0.15) is 0 Å². The number of hydrogen-bond donors (Lipinski definition) is 1. The fourth-order valence-electron chi connectivity index (χ4n) is 4.27. The van der Waals surface area contributed by atoms with Gasteiger partial charge in [0.1, 0.15) is 21.5 Å². The number of amides is 1. The van der Waals surface area contributed by atoms with Crippen LogP contribution in [-0.2, 0) is 19.6 Å². The SMILES string of the molecule is O=C(NCc1cc(Br)nc(Br)c1)c1ccc(Cn2cc(C3CCN(Cc4ccccc4)C3)nn2)o1. The summed E-state index contributed by atoms with van der Waals surface area (Å²) in [5.74, 6) is 1.01. The van der Waals surface area contributed by atoms with Gasteiger partial charge in [0.2, 0.25) is 0 Å². The third-order valence-corrected chi connectivity index (χ3v) is 6.79. The van der Waals surface area contributed by atoms with E-state index in [9.17, 15) is 4.79 Å². The summed E-state index contributed by atoms with van der Waals surface area (Å²) in [4.78, 5) is 19.2. The first-order chi connectivity index (χ1) is 17.0. The zero-order valence-corrected chi connectivity index (χ0v) is 22.1. The Morgan fingerprint density at radius 3 is 2.66 bits per heavy atom. The second-order valence-electron chi connectivity index (χ2n) is 8.62. The molecule has 0 bridgehead atoms.